The highest BCUT2D eigenvalue weighted by molar-refractivity contribution is 8.23. The molecule has 3 rings (SSSR count). The minimum atomic E-state index is -0.390. The van der Waals surface area contributed by atoms with Gasteiger partial charge >= 0.3 is 0 Å². The van der Waals surface area contributed by atoms with E-state index in [2.05, 4.69) is 4.99 Å². The Morgan fingerprint density at radius 3 is 3.11 bits per heavy atom. The number of nitro groups is 1. The number of thiocarbonyl (C=S) groups is 1. The summed E-state index contributed by atoms with van der Waals surface area (Å²) in [6.07, 6.45) is 0.993. The summed E-state index contributed by atoms with van der Waals surface area (Å²) in [7, 11) is 0. The number of benzene rings is 1. The van der Waals surface area contributed by atoms with Gasteiger partial charge in [-0.25, -0.2) is 0 Å². The van der Waals surface area contributed by atoms with Crippen LogP contribution in [-0.2, 0) is 0 Å². The predicted molar refractivity (Wildman–Crippen MR) is 74.3 cm³/mol. The molecule has 0 unspecified atom stereocenters. The summed E-state index contributed by atoms with van der Waals surface area (Å²) in [4.78, 5) is 17.7. The molecule has 0 fully saturated rings. The van der Waals surface area contributed by atoms with Gasteiger partial charge in [0.05, 0.1) is 4.92 Å². The summed E-state index contributed by atoms with van der Waals surface area (Å²) < 4.78 is 0.724. The number of aliphatic imine (C=N–C) groups is 1. The molecule has 7 heteroatoms. The molecule has 0 aromatic heterocycles. The summed E-state index contributed by atoms with van der Waals surface area (Å²) >= 11 is 6.73. The molecule has 2 aliphatic rings. The maximum absolute atomic E-state index is 10.8. The van der Waals surface area contributed by atoms with E-state index in [1.54, 1.807) is 12.1 Å². The van der Waals surface area contributed by atoms with Crippen molar-refractivity contribution in [3.63, 3.8) is 0 Å². The van der Waals surface area contributed by atoms with E-state index in [1.807, 2.05) is 4.90 Å². The van der Waals surface area contributed by atoms with Crippen molar-refractivity contribution in [3.8, 4) is 0 Å². The van der Waals surface area contributed by atoms with E-state index in [0.29, 0.717) is 0 Å². The minimum Gasteiger partial charge on any atom is -0.311 e. The first-order chi connectivity index (χ1) is 8.66. The molecule has 0 amide bonds. The molecule has 0 saturated heterocycles. The van der Waals surface area contributed by atoms with Crippen LogP contribution in [0.15, 0.2) is 28.1 Å². The third kappa shape index (κ3) is 1.79. The van der Waals surface area contributed by atoms with Crippen LogP contribution in [0.5, 0.6) is 0 Å². The van der Waals surface area contributed by atoms with Crippen LogP contribution in [0.4, 0.5) is 5.69 Å². The van der Waals surface area contributed by atoms with Crippen molar-refractivity contribution >= 4 is 39.8 Å². The van der Waals surface area contributed by atoms with Crippen LogP contribution in [0.1, 0.15) is 12.0 Å². The second-order valence-corrected chi connectivity index (χ2v) is 5.69. The zero-order chi connectivity index (χ0) is 12.7. The summed E-state index contributed by atoms with van der Waals surface area (Å²) in [6, 6.07) is 4.85. The van der Waals surface area contributed by atoms with Crippen molar-refractivity contribution in [2.75, 3.05) is 13.1 Å². The Labute approximate surface area is 113 Å². The van der Waals surface area contributed by atoms with E-state index in [1.165, 1.54) is 17.8 Å². The number of nitro benzene ring substituents is 1. The minimum absolute atomic E-state index is 0.0916. The Balaban J connectivity index is 2.12. The average Bonchev–Trinajstić information content (AvgIpc) is 2.38. The molecule has 0 aliphatic carbocycles. The van der Waals surface area contributed by atoms with Gasteiger partial charge in [-0.05, 0) is 12.5 Å². The van der Waals surface area contributed by atoms with Crippen molar-refractivity contribution in [1.82, 2.24) is 4.90 Å². The largest absolute Gasteiger partial charge is 0.311 e. The van der Waals surface area contributed by atoms with Gasteiger partial charge in [-0.15, -0.1) is 0 Å². The molecule has 1 aromatic carbocycles. The van der Waals surface area contributed by atoms with Crippen LogP contribution in [0, 0.1) is 10.1 Å². The standard InChI is InChI=1S/C11H9N3O2S2/c15-14(16)7-2-3-8-9(6-7)18-11(17)13-5-1-4-12-10(8)13/h2-3,6H,1,4-5H2. The maximum atomic E-state index is 10.8. The normalized spacial score (nSPS) is 17.9. The fourth-order valence-electron chi connectivity index (χ4n) is 2.06. The van der Waals surface area contributed by atoms with Crippen molar-refractivity contribution < 1.29 is 4.92 Å². The number of amidine groups is 1. The highest BCUT2D eigenvalue weighted by atomic mass is 32.2. The second kappa shape index (κ2) is 4.33. The van der Waals surface area contributed by atoms with Crippen molar-refractivity contribution in [2.24, 2.45) is 4.99 Å². The fourth-order valence-corrected chi connectivity index (χ4v) is 3.43. The van der Waals surface area contributed by atoms with Gasteiger partial charge in [-0.2, -0.15) is 0 Å². The Bertz CT molecular complexity index is 586. The molecule has 0 radical (unpaired) electrons. The molecule has 5 nitrogen and oxygen atoms in total. The molecular weight excluding hydrogens is 270 g/mol. The van der Waals surface area contributed by atoms with Crippen LogP contribution in [0.2, 0.25) is 0 Å². The number of hydrogen-bond donors (Lipinski definition) is 0. The third-order valence-electron chi connectivity index (χ3n) is 2.89. The number of fused-ring (bicyclic) bond motifs is 3. The first-order valence-corrected chi connectivity index (χ1v) is 6.72. The van der Waals surface area contributed by atoms with Crippen LogP contribution < -0.4 is 0 Å². The van der Waals surface area contributed by atoms with Gasteiger partial charge in [0, 0.05) is 35.7 Å². The van der Waals surface area contributed by atoms with Crippen LogP contribution >= 0.6 is 24.0 Å². The molecule has 0 bridgehead atoms. The van der Waals surface area contributed by atoms with Gasteiger partial charge in [0.15, 0.2) is 0 Å². The monoisotopic (exact) mass is 279 g/mol. The highest BCUT2D eigenvalue weighted by Crippen LogP contribution is 2.36. The predicted octanol–water partition coefficient (Wildman–Crippen LogP) is 2.44. The maximum Gasteiger partial charge on any atom is 0.270 e. The average molecular weight is 279 g/mol. The van der Waals surface area contributed by atoms with Gasteiger partial charge in [-0.1, -0.05) is 24.0 Å². The van der Waals surface area contributed by atoms with Crippen molar-refractivity contribution in [2.45, 2.75) is 11.3 Å². The number of thioether (sulfide) groups is 1. The van der Waals surface area contributed by atoms with E-state index in [9.17, 15) is 10.1 Å². The smallest absolute Gasteiger partial charge is 0.270 e. The van der Waals surface area contributed by atoms with Gasteiger partial charge in [0.2, 0.25) is 0 Å². The van der Waals surface area contributed by atoms with Gasteiger partial charge in [0.1, 0.15) is 10.2 Å². The van der Waals surface area contributed by atoms with E-state index in [-0.39, 0.29) is 10.6 Å². The number of rotatable bonds is 1. The Hall–Kier alpha value is -1.47. The molecule has 0 atom stereocenters. The lowest BCUT2D eigenvalue weighted by Crippen LogP contribution is -2.41. The SMILES string of the molecule is O=[N+]([O-])c1ccc2c(c1)SC(=S)N1CCCN=C21. The zero-order valence-electron chi connectivity index (χ0n) is 9.33. The number of hydrogen-bond acceptors (Lipinski definition) is 5. The van der Waals surface area contributed by atoms with E-state index in [0.717, 1.165) is 40.1 Å². The van der Waals surface area contributed by atoms with Gasteiger partial charge in [0.25, 0.3) is 5.69 Å². The topological polar surface area (TPSA) is 58.7 Å². The zero-order valence-corrected chi connectivity index (χ0v) is 11.0. The summed E-state index contributed by atoms with van der Waals surface area (Å²) in [5, 5.41) is 10.8. The molecular formula is C11H9N3O2S2. The van der Waals surface area contributed by atoms with Crippen LogP contribution in [0.25, 0.3) is 0 Å². The lowest BCUT2D eigenvalue weighted by atomic mass is 10.1. The van der Waals surface area contributed by atoms with Gasteiger partial charge < -0.3 is 4.90 Å². The second-order valence-electron chi connectivity index (χ2n) is 4.02. The number of nitrogens with zero attached hydrogens (tertiary/aromatic N) is 3. The molecule has 2 aliphatic heterocycles. The van der Waals surface area contributed by atoms with Crippen LogP contribution in [0.3, 0.4) is 0 Å². The summed E-state index contributed by atoms with van der Waals surface area (Å²) in [6.45, 7) is 1.66. The molecule has 1 aromatic rings. The van der Waals surface area contributed by atoms with Crippen molar-refractivity contribution in [3.05, 3.63) is 33.9 Å². The first-order valence-electron chi connectivity index (χ1n) is 5.49. The lowest BCUT2D eigenvalue weighted by Gasteiger charge is -2.33. The van der Waals surface area contributed by atoms with E-state index >= 15 is 0 Å². The quantitative estimate of drug-likeness (QED) is 0.449. The lowest BCUT2D eigenvalue weighted by molar-refractivity contribution is -0.385. The van der Waals surface area contributed by atoms with E-state index in [4.69, 9.17) is 12.2 Å². The van der Waals surface area contributed by atoms with Crippen molar-refractivity contribution in [1.29, 1.82) is 0 Å². The number of non-ortho nitro benzene ring substituents is 1. The molecule has 0 N–H and O–H groups in total. The highest BCUT2D eigenvalue weighted by Gasteiger charge is 2.29. The summed E-state index contributed by atoms with van der Waals surface area (Å²) in [5.74, 6) is 0.856. The molecule has 0 spiro atoms. The van der Waals surface area contributed by atoms with E-state index < -0.39 is 0 Å². The Morgan fingerprint density at radius 2 is 2.33 bits per heavy atom. The molecule has 2 heterocycles. The first kappa shape index (κ1) is 11.6. The fraction of sp³-hybridized carbons (Fsp3) is 0.273. The summed E-state index contributed by atoms with van der Waals surface area (Å²) in [5.41, 5.74) is 1.04. The molecule has 18 heavy (non-hydrogen) atoms. The molecule has 0 saturated carbocycles. The van der Waals surface area contributed by atoms with Crippen LogP contribution in [-0.4, -0.2) is 33.1 Å². The Morgan fingerprint density at radius 1 is 1.50 bits per heavy atom. The third-order valence-corrected chi connectivity index (χ3v) is 4.31. The molecule has 92 valence electrons. The Kier molecular flexibility index (Phi) is 2.79. The van der Waals surface area contributed by atoms with Gasteiger partial charge in [-0.3, -0.25) is 15.1 Å².